The number of likely N-dealkylation sites (N-methyl/N-ethyl adjacent to an activating group) is 1. The monoisotopic (exact) mass is 319 g/mol. The zero-order chi connectivity index (χ0) is 16.4. The second-order valence-corrected chi connectivity index (χ2v) is 6.93. The first kappa shape index (κ1) is 16.1. The van der Waals surface area contributed by atoms with Crippen molar-refractivity contribution in [2.45, 2.75) is 12.8 Å². The molecular formula is C17H25N3O3. The fraction of sp³-hybridized carbons (Fsp3) is 0.588. The van der Waals surface area contributed by atoms with Gasteiger partial charge in [-0.15, -0.1) is 0 Å². The van der Waals surface area contributed by atoms with Crippen LogP contribution in [0.1, 0.15) is 23.2 Å². The predicted molar refractivity (Wildman–Crippen MR) is 87.7 cm³/mol. The van der Waals surface area contributed by atoms with Crippen molar-refractivity contribution in [3.05, 3.63) is 23.8 Å². The molecule has 3 N–H and O–H groups in total. The highest BCUT2D eigenvalue weighted by Crippen LogP contribution is 2.46. The van der Waals surface area contributed by atoms with Gasteiger partial charge < -0.3 is 25.3 Å². The predicted octanol–water partition coefficient (Wildman–Crippen LogP) is 0.855. The summed E-state index contributed by atoms with van der Waals surface area (Å²) in [6, 6.07) is 4.33. The second-order valence-electron chi connectivity index (χ2n) is 6.93. The highest BCUT2D eigenvalue weighted by atomic mass is 16.3. The number of aromatic hydroxyl groups is 2. The quantitative estimate of drug-likeness (QED) is 0.750. The minimum atomic E-state index is -0.412. The lowest BCUT2D eigenvalue weighted by molar-refractivity contribution is 0.0921. The molecule has 0 atom stereocenters. The fourth-order valence-corrected chi connectivity index (χ4v) is 3.16. The van der Waals surface area contributed by atoms with E-state index >= 15 is 0 Å². The lowest BCUT2D eigenvalue weighted by Gasteiger charge is -2.34. The van der Waals surface area contributed by atoms with Crippen molar-refractivity contribution in [2.24, 2.45) is 5.41 Å². The number of amides is 1. The number of nitrogens with one attached hydrogen (secondary N) is 1. The molecule has 2 aliphatic rings. The second kappa shape index (κ2) is 6.37. The average Bonchev–Trinajstić information content (AvgIpc) is 3.28. The lowest BCUT2D eigenvalue weighted by Crippen LogP contribution is -2.47. The van der Waals surface area contributed by atoms with E-state index in [1.165, 1.54) is 18.2 Å². The van der Waals surface area contributed by atoms with Crippen molar-refractivity contribution in [2.75, 3.05) is 46.3 Å². The Morgan fingerprint density at radius 1 is 1.17 bits per heavy atom. The van der Waals surface area contributed by atoms with Crippen molar-refractivity contribution in [3.63, 3.8) is 0 Å². The molecule has 0 bridgehead atoms. The number of carbonyl (C=O) groups excluding carboxylic acids is 1. The van der Waals surface area contributed by atoms with Gasteiger partial charge in [-0.1, -0.05) is 6.07 Å². The Labute approximate surface area is 136 Å². The third kappa shape index (κ3) is 3.76. The zero-order valence-electron chi connectivity index (χ0n) is 13.6. The first-order valence-corrected chi connectivity index (χ1v) is 8.19. The Hall–Kier alpha value is -1.79. The average molecular weight is 319 g/mol. The Morgan fingerprint density at radius 2 is 1.78 bits per heavy atom. The van der Waals surface area contributed by atoms with Gasteiger partial charge in [-0.25, -0.2) is 0 Å². The van der Waals surface area contributed by atoms with Crippen LogP contribution in [-0.2, 0) is 0 Å². The molecule has 1 heterocycles. The summed E-state index contributed by atoms with van der Waals surface area (Å²) < 4.78 is 0. The third-order valence-electron chi connectivity index (χ3n) is 4.98. The number of phenols is 2. The Bertz CT molecular complexity index is 558. The lowest BCUT2D eigenvalue weighted by atomic mass is 10.1. The van der Waals surface area contributed by atoms with Crippen molar-refractivity contribution in [3.8, 4) is 11.5 Å². The van der Waals surface area contributed by atoms with Crippen LogP contribution in [0.4, 0.5) is 0 Å². The first-order valence-electron chi connectivity index (χ1n) is 8.19. The van der Waals surface area contributed by atoms with Gasteiger partial charge in [0, 0.05) is 44.7 Å². The SMILES string of the molecule is CN1CCN(CC2(CNC(=O)c3c(O)cccc3O)CC2)CC1. The maximum Gasteiger partial charge on any atom is 0.258 e. The van der Waals surface area contributed by atoms with Gasteiger partial charge in [-0.3, -0.25) is 4.79 Å². The minimum Gasteiger partial charge on any atom is -0.507 e. The maximum absolute atomic E-state index is 12.2. The Morgan fingerprint density at radius 3 is 2.35 bits per heavy atom. The van der Waals surface area contributed by atoms with E-state index in [0.717, 1.165) is 45.6 Å². The molecule has 6 nitrogen and oxygen atoms in total. The molecule has 0 radical (unpaired) electrons. The normalized spacial score (nSPS) is 21.1. The largest absolute Gasteiger partial charge is 0.507 e. The van der Waals surface area contributed by atoms with Gasteiger partial charge in [-0.2, -0.15) is 0 Å². The van der Waals surface area contributed by atoms with Crippen LogP contribution in [0.5, 0.6) is 11.5 Å². The molecule has 0 spiro atoms. The first-order chi connectivity index (χ1) is 11.0. The standard InChI is InChI=1S/C17H25N3O3/c1-19-7-9-20(10-8-19)12-17(5-6-17)11-18-16(23)15-13(21)3-2-4-14(15)22/h2-4,21-22H,5-12H2,1H3,(H,18,23). The molecule has 1 aliphatic carbocycles. The number of nitrogens with zero attached hydrogens (tertiary/aromatic N) is 2. The molecule has 2 fully saturated rings. The highest BCUT2D eigenvalue weighted by molar-refractivity contribution is 5.99. The van der Waals surface area contributed by atoms with Crippen LogP contribution in [-0.4, -0.2) is 72.2 Å². The smallest absolute Gasteiger partial charge is 0.258 e. The molecule has 1 aromatic carbocycles. The summed E-state index contributed by atoms with van der Waals surface area (Å²) in [4.78, 5) is 17.0. The van der Waals surface area contributed by atoms with Gasteiger partial charge in [0.25, 0.3) is 5.91 Å². The summed E-state index contributed by atoms with van der Waals surface area (Å²) in [5, 5.41) is 22.4. The van der Waals surface area contributed by atoms with Crippen LogP contribution in [0, 0.1) is 5.41 Å². The number of piperazine rings is 1. The molecule has 1 saturated carbocycles. The van der Waals surface area contributed by atoms with Crippen LogP contribution in [0.3, 0.4) is 0 Å². The number of hydrogen-bond acceptors (Lipinski definition) is 5. The van der Waals surface area contributed by atoms with E-state index in [2.05, 4.69) is 22.2 Å². The van der Waals surface area contributed by atoms with Crippen molar-refractivity contribution >= 4 is 5.91 Å². The van der Waals surface area contributed by atoms with E-state index in [0.29, 0.717) is 6.54 Å². The number of rotatable bonds is 5. The molecule has 0 aromatic heterocycles. The van der Waals surface area contributed by atoms with Gasteiger partial charge in [0.1, 0.15) is 17.1 Å². The van der Waals surface area contributed by atoms with Gasteiger partial charge >= 0.3 is 0 Å². The molecular weight excluding hydrogens is 294 g/mol. The summed E-state index contributed by atoms with van der Waals surface area (Å²) >= 11 is 0. The molecule has 0 unspecified atom stereocenters. The molecule has 1 aromatic rings. The fourth-order valence-electron chi connectivity index (χ4n) is 3.16. The van der Waals surface area contributed by atoms with Gasteiger partial charge in [-0.05, 0) is 32.0 Å². The molecule has 1 saturated heterocycles. The Balaban J connectivity index is 1.54. The van der Waals surface area contributed by atoms with Crippen LogP contribution in [0.2, 0.25) is 0 Å². The molecule has 3 rings (SSSR count). The third-order valence-corrected chi connectivity index (χ3v) is 4.98. The topological polar surface area (TPSA) is 76.0 Å². The van der Waals surface area contributed by atoms with Gasteiger partial charge in [0.15, 0.2) is 0 Å². The maximum atomic E-state index is 12.2. The summed E-state index contributed by atoms with van der Waals surface area (Å²) in [6.45, 7) is 5.93. The van der Waals surface area contributed by atoms with E-state index in [-0.39, 0.29) is 22.5 Å². The van der Waals surface area contributed by atoms with Crippen LogP contribution in [0.25, 0.3) is 0 Å². The van der Waals surface area contributed by atoms with E-state index < -0.39 is 5.91 Å². The van der Waals surface area contributed by atoms with E-state index in [1.54, 1.807) is 0 Å². The van der Waals surface area contributed by atoms with E-state index in [9.17, 15) is 15.0 Å². The zero-order valence-corrected chi connectivity index (χ0v) is 13.6. The minimum absolute atomic E-state index is 0.0390. The van der Waals surface area contributed by atoms with Crippen molar-refractivity contribution in [1.82, 2.24) is 15.1 Å². The van der Waals surface area contributed by atoms with Crippen molar-refractivity contribution in [1.29, 1.82) is 0 Å². The number of phenolic OH excluding ortho intramolecular Hbond substituents is 2. The van der Waals surface area contributed by atoms with Crippen LogP contribution < -0.4 is 5.32 Å². The molecule has 23 heavy (non-hydrogen) atoms. The van der Waals surface area contributed by atoms with Crippen molar-refractivity contribution < 1.29 is 15.0 Å². The molecule has 1 aliphatic heterocycles. The molecule has 126 valence electrons. The summed E-state index contributed by atoms with van der Waals surface area (Å²) in [5.74, 6) is -0.789. The van der Waals surface area contributed by atoms with E-state index in [1.807, 2.05) is 0 Å². The van der Waals surface area contributed by atoms with E-state index in [4.69, 9.17) is 0 Å². The summed E-state index contributed by atoms with van der Waals surface area (Å²) in [7, 11) is 2.14. The number of benzene rings is 1. The molecule has 1 amide bonds. The molecule has 6 heteroatoms. The summed E-state index contributed by atoms with van der Waals surface area (Å²) in [6.07, 6.45) is 2.23. The highest BCUT2D eigenvalue weighted by Gasteiger charge is 2.44. The van der Waals surface area contributed by atoms with Gasteiger partial charge in [0.05, 0.1) is 0 Å². The number of carbonyl (C=O) groups is 1. The van der Waals surface area contributed by atoms with Gasteiger partial charge in [0.2, 0.25) is 0 Å². The Kier molecular flexibility index (Phi) is 4.46. The van der Waals surface area contributed by atoms with Crippen LogP contribution >= 0.6 is 0 Å². The summed E-state index contributed by atoms with van der Waals surface area (Å²) in [5.41, 5.74) is 0.119. The van der Waals surface area contributed by atoms with Crippen LogP contribution in [0.15, 0.2) is 18.2 Å². The number of hydrogen-bond donors (Lipinski definition) is 3.